The van der Waals surface area contributed by atoms with Gasteiger partial charge in [0.25, 0.3) is 0 Å². The van der Waals surface area contributed by atoms with Gasteiger partial charge in [-0.2, -0.15) is 0 Å². The van der Waals surface area contributed by atoms with E-state index in [9.17, 15) is 14.7 Å². The predicted octanol–water partition coefficient (Wildman–Crippen LogP) is 3.94. The van der Waals surface area contributed by atoms with E-state index in [4.69, 9.17) is 0 Å². The maximum atomic E-state index is 12.1. The molecule has 2 amide bonds. The van der Waals surface area contributed by atoms with Gasteiger partial charge in [-0.3, -0.25) is 9.59 Å². The molecule has 0 aromatic carbocycles. The lowest BCUT2D eigenvalue weighted by Gasteiger charge is -2.31. The summed E-state index contributed by atoms with van der Waals surface area (Å²) in [5.41, 5.74) is 0.261. The lowest BCUT2D eigenvalue weighted by Crippen LogP contribution is -2.38. The molecule has 0 aliphatic carbocycles. The standard InChI is InChI=1S/C23H47N3O3S2/c1-7-22(3,4)18-21(29)24-11-9-16-30-31-17-12-25-20(28)10-13-26(14-15-27)19-23(5,6)8-2/h27H,7-19H2,1-6H3,(H,24,29)(H,25,28). The molecule has 0 radical (unpaired) electrons. The van der Waals surface area contributed by atoms with Crippen LogP contribution in [0.25, 0.3) is 0 Å². The molecule has 0 aromatic rings. The van der Waals surface area contributed by atoms with Crippen LogP contribution in [0.1, 0.15) is 73.6 Å². The van der Waals surface area contributed by atoms with E-state index in [0.29, 0.717) is 32.5 Å². The third kappa shape index (κ3) is 17.8. The van der Waals surface area contributed by atoms with Crippen LogP contribution in [0.2, 0.25) is 0 Å². The van der Waals surface area contributed by atoms with Crippen molar-refractivity contribution in [2.75, 3.05) is 50.8 Å². The van der Waals surface area contributed by atoms with E-state index in [0.717, 1.165) is 43.9 Å². The number of nitrogens with zero attached hydrogens (tertiary/aromatic N) is 1. The summed E-state index contributed by atoms with van der Waals surface area (Å²) in [5, 5.41) is 15.2. The number of carbonyl (C=O) groups excluding carboxylic acids is 2. The lowest BCUT2D eigenvalue weighted by molar-refractivity contribution is -0.123. The zero-order valence-corrected chi connectivity index (χ0v) is 22.4. The molecule has 0 spiro atoms. The minimum Gasteiger partial charge on any atom is -0.395 e. The highest BCUT2D eigenvalue weighted by molar-refractivity contribution is 8.76. The quantitative estimate of drug-likeness (QED) is 0.193. The van der Waals surface area contributed by atoms with E-state index in [1.54, 1.807) is 21.6 Å². The molecule has 31 heavy (non-hydrogen) atoms. The maximum absolute atomic E-state index is 12.1. The Morgan fingerprint density at radius 1 is 0.871 bits per heavy atom. The molecule has 0 bridgehead atoms. The van der Waals surface area contributed by atoms with E-state index < -0.39 is 0 Å². The summed E-state index contributed by atoms with van der Waals surface area (Å²) in [6.07, 6.45) is 4.07. The third-order valence-corrected chi connectivity index (χ3v) is 8.09. The van der Waals surface area contributed by atoms with Crippen LogP contribution in [-0.4, -0.2) is 72.7 Å². The molecule has 0 saturated carbocycles. The molecule has 0 saturated heterocycles. The summed E-state index contributed by atoms with van der Waals surface area (Å²) in [6.45, 7) is 16.7. The zero-order valence-electron chi connectivity index (χ0n) is 20.7. The molecule has 184 valence electrons. The van der Waals surface area contributed by atoms with Gasteiger partial charge in [0.1, 0.15) is 0 Å². The van der Waals surface area contributed by atoms with Crippen LogP contribution in [0.3, 0.4) is 0 Å². The summed E-state index contributed by atoms with van der Waals surface area (Å²) in [4.78, 5) is 26.2. The van der Waals surface area contributed by atoms with Gasteiger partial charge in [0.05, 0.1) is 6.61 Å². The Bertz CT molecular complexity index is 502. The summed E-state index contributed by atoms with van der Waals surface area (Å²) in [6, 6.07) is 0. The molecule has 0 aromatic heterocycles. The monoisotopic (exact) mass is 477 g/mol. The van der Waals surface area contributed by atoms with Crippen molar-refractivity contribution in [3.8, 4) is 0 Å². The van der Waals surface area contributed by atoms with Crippen molar-refractivity contribution in [1.82, 2.24) is 15.5 Å². The highest BCUT2D eigenvalue weighted by Gasteiger charge is 2.20. The SMILES string of the molecule is CCC(C)(C)CC(=O)NCCCSSCCNC(=O)CCN(CCO)CC(C)(C)CC. The largest absolute Gasteiger partial charge is 0.395 e. The van der Waals surface area contributed by atoms with Gasteiger partial charge >= 0.3 is 0 Å². The van der Waals surface area contributed by atoms with Crippen LogP contribution in [-0.2, 0) is 9.59 Å². The van der Waals surface area contributed by atoms with Crippen LogP contribution in [0.5, 0.6) is 0 Å². The summed E-state index contributed by atoms with van der Waals surface area (Å²) >= 11 is 0. The molecule has 0 unspecified atom stereocenters. The molecule has 0 heterocycles. The van der Waals surface area contributed by atoms with Gasteiger partial charge in [-0.1, -0.05) is 69.6 Å². The fourth-order valence-corrected chi connectivity index (χ4v) is 4.80. The number of aliphatic hydroxyl groups excluding tert-OH is 1. The van der Waals surface area contributed by atoms with Crippen molar-refractivity contribution in [2.45, 2.75) is 73.6 Å². The van der Waals surface area contributed by atoms with Crippen LogP contribution in [0.4, 0.5) is 0 Å². The highest BCUT2D eigenvalue weighted by Crippen LogP contribution is 2.24. The minimum absolute atomic E-state index is 0.0700. The average Bonchev–Trinajstić information content (AvgIpc) is 2.70. The zero-order chi connectivity index (χ0) is 23.8. The second-order valence-electron chi connectivity index (χ2n) is 9.66. The van der Waals surface area contributed by atoms with Crippen LogP contribution in [0.15, 0.2) is 0 Å². The number of aliphatic hydroxyl groups is 1. The normalized spacial score (nSPS) is 12.3. The first-order valence-corrected chi connectivity index (χ1v) is 14.1. The number of hydrogen-bond acceptors (Lipinski definition) is 6. The van der Waals surface area contributed by atoms with Gasteiger partial charge < -0.3 is 20.6 Å². The van der Waals surface area contributed by atoms with Crippen molar-refractivity contribution in [2.24, 2.45) is 10.8 Å². The fraction of sp³-hybridized carbons (Fsp3) is 0.913. The Morgan fingerprint density at radius 3 is 2.10 bits per heavy atom. The topological polar surface area (TPSA) is 81.7 Å². The van der Waals surface area contributed by atoms with Crippen molar-refractivity contribution >= 4 is 33.4 Å². The van der Waals surface area contributed by atoms with Crippen molar-refractivity contribution in [1.29, 1.82) is 0 Å². The minimum atomic E-state index is 0.0700. The van der Waals surface area contributed by atoms with Crippen molar-refractivity contribution < 1.29 is 14.7 Å². The molecule has 0 atom stereocenters. The predicted molar refractivity (Wildman–Crippen MR) is 136 cm³/mol. The van der Waals surface area contributed by atoms with Gasteiger partial charge in [-0.05, 0) is 23.7 Å². The number of nitrogens with one attached hydrogen (secondary N) is 2. The number of carbonyl (C=O) groups is 2. The van der Waals surface area contributed by atoms with E-state index in [2.05, 4.69) is 57.1 Å². The molecule has 0 rings (SSSR count). The first-order valence-electron chi connectivity index (χ1n) is 11.7. The maximum Gasteiger partial charge on any atom is 0.221 e. The van der Waals surface area contributed by atoms with E-state index in [1.807, 2.05) is 0 Å². The van der Waals surface area contributed by atoms with E-state index in [-0.39, 0.29) is 29.3 Å². The van der Waals surface area contributed by atoms with Crippen molar-refractivity contribution in [3.05, 3.63) is 0 Å². The van der Waals surface area contributed by atoms with Crippen LogP contribution < -0.4 is 10.6 Å². The molecule has 0 fully saturated rings. The Balaban J connectivity index is 3.74. The Morgan fingerprint density at radius 2 is 1.48 bits per heavy atom. The molecule has 0 aliphatic heterocycles. The summed E-state index contributed by atoms with van der Waals surface area (Å²) in [5.74, 6) is 2.07. The molecule has 0 aliphatic rings. The summed E-state index contributed by atoms with van der Waals surface area (Å²) in [7, 11) is 3.54. The average molecular weight is 478 g/mol. The Kier molecular flexibility index (Phi) is 16.8. The Hall–Kier alpha value is -0.440. The lowest BCUT2D eigenvalue weighted by atomic mass is 9.86. The molecular formula is C23H47N3O3S2. The van der Waals surface area contributed by atoms with Crippen molar-refractivity contribution in [3.63, 3.8) is 0 Å². The van der Waals surface area contributed by atoms with Gasteiger partial charge in [-0.15, -0.1) is 0 Å². The fourth-order valence-electron chi connectivity index (χ4n) is 2.81. The third-order valence-electron chi connectivity index (χ3n) is 5.59. The van der Waals surface area contributed by atoms with Gasteiger partial charge in [0.2, 0.25) is 11.8 Å². The second kappa shape index (κ2) is 17.1. The van der Waals surface area contributed by atoms with E-state index >= 15 is 0 Å². The smallest absolute Gasteiger partial charge is 0.221 e. The molecule has 3 N–H and O–H groups in total. The first-order chi connectivity index (χ1) is 14.5. The number of hydrogen-bond donors (Lipinski definition) is 3. The van der Waals surface area contributed by atoms with Crippen LogP contribution in [0, 0.1) is 10.8 Å². The Labute approximate surface area is 198 Å². The number of rotatable bonds is 19. The van der Waals surface area contributed by atoms with E-state index in [1.165, 1.54) is 0 Å². The van der Waals surface area contributed by atoms with Gasteiger partial charge in [0, 0.05) is 57.1 Å². The first kappa shape index (κ1) is 30.6. The van der Waals surface area contributed by atoms with Gasteiger partial charge in [-0.25, -0.2) is 0 Å². The highest BCUT2D eigenvalue weighted by atomic mass is 33.1. The number of amides is 2. The van der Waals surface area contributed by atoms with Gasteiger partial charge in [0.15, 0.2) is 0 Å². The molecular weight excluding hydrogens is 430 g/mol. The summed E-state index contributed by atoms with van der Waals surface area (Å²) < 4.78 is 0. The molecule has 8 heteroatoms. The second-order valence-corrected chi connectivity index (χ2v) is 12.4. The van der Waals surface area contributed by atoms with Crippen LogP contribution >= 0.6 is 21.6 Å². The molecule has 6 nitrogen and oxygen atoms in total.